The summed E-state index contributed by atoms with van der Waals surface area (Å²) in [5.41, 5.74) is 5.06. The first kappa shape index (κ1) is 12.6. The Bertz CT molecular complexity index is 362. The van der Waals surface area contributed by atoms with Crippen LogP contribution < -0.4 is 11.1 Å². The van der Waals surface area contributed by atoms with Crippen LogP contribution in [0.4, 0.5) is 8.78 Å². The Hall–Kier alpha value is -1.49. The number of benzene rings is 1. The largest absolute Gasteiger partial charge is 0.349 e. The summed E-state index contributed by atoms with van der Waals surface area (Å²) in [6.45, 7) is 1.73. The molecule has 0 bridgehead atoms. The van der Waals surface area contributed by atoms with Crippen molar-refractivity contribution in [3.63, 3.8) is 0 Å². The Morgan fingerprint density at radius 3 is 2.50 bits per heavy atom. The summed E-state index contributed by atoms with van der Waals surface area (Å²) in [4.78, 5) is 11.2. The molecule has 0 fully saturated rings. The van der Waals surface area contributed by atoms with E-state index in [1.54, 1.807) is 0 Å². The minimum absolute atomic E-state index is 0.132. The number of amides is 1. The molecular weight excluding hydrogens is 214 g/mol. The highest BCUT2D eigenvalue weighted by atomic mass is 19.1. The van der Waals surface area contributed by atoms with E-state index in [9.17, 15) is 13.6 Å². The van der Waals surface area contributed by atoms with Gasteiger partial charge >= 0.3 is 0 Å². The number of hydrogen-bond acceptors (Lipinski definition) is 2. The van der Waals surface area contributed by atoms with Crippen LogP contribution in [0, 0.1) is 11.6 Å². The molecule has 0 radical (unpaired) electrons. The summed E-state index contributed by atoms with van der Waals surface area (Å²) in [5, 5.41) is 2.48. The summed E-state index contributed by atoms with van der Waals surface area (Å²) >= 11 is 0. The van der Waals surface area contributed by atoms with Gasteiger partial charge in [0.05, 0.1) is 6.04 Å². The molecule has 1 aromatic rings. The van der Waals surface area contributed by atoms with Crippen LogP contribution in [0.2, 0.25) is 0 Å². The van der Waals surface area contributed by atoms with E-state index in [-0.39, 0.29) is 24.4 Å². The van der Waals surface area contributed by atoms with Crippen molar-refractivity contribution in [1.29, 1.82) is 0 Å². The Labute approximate surface area is 92.6 Å². The monoisotopic (exact) mass is 228 g/mol. The average molecular weight is 228 g/mol. The number of carbonyl (C=O) groups is 1. The van der Waals surface area contributed by atoms with Crippen molar-refractivity contribution >= 4 is 5.91 Å². The zero-order chi connectivity index (χ0) is 12.1. The summed E-state index contributed by atoms with van der Waals surface area (Å²) in [7, 11) is 0. The second kappa shape index (κ2) is 5.55. The number of halogens is 2. The Kier molecular flexibility index (Phi) is 4.37. The van der Waals surface area contributed by atoms with Gasteiger partial charge < -0.3 is 11.1 Å². The first-order valence-electron chi connectivity index (χ1n) is 4.99. The average Bonchev–Trinajstić information content (AvgIpc) is 2.17. The maximum Gasteiger partial charge on any atom is 0.221 e. The van der Waals surface area contributed by atoms with Crippen molar-refractivity contribution in [1.82, 2.24) is 5.32 Å². The van der Waals surface area contributed by atoms with E-state index >= 15 is 0 Å². The highest BCUT2D eigenvalue weighted by Crippen LogP contribution is 2.20. The summed E-state index contributed by atoms with van der Waals surface area (Å²) < 4.78 is 26.6. The SMILES string of the molecule is CC(NC(=O)CCN)c1c(F)cccc1F. The highest BCUT2D eigenvalue weighted by Gasteiger charge is 2.17. The van der Waals surface area contributed by atoms with Gasteiger partial charge in [0.2, 0.25) is 5.91 Å². The van der Waals surface area contributed by atoms with Crippen molar-refractivity contribution < 1.29 is 13.6 Å². The van der Waals surface area contributed by atoms with Crippen LogP contribution >= 0.6 is 0 Å². The molecule has 16 heavy (non-hydrogen) atoms. The van der Waals surface area contributed by atoms with E-state index in [4.69, 9.17) is 5.73 Å². The lowest BCUT2D eigenvalue weighted by molar-refractivity contribution is -0.121. The third-order valence-electron chi connectivity index (χ3n) is 2.18. The van der Waals surface area contributed by atoms with Crippen LogP contribution in [-0.4, -0.2) is 12.5 Å². The number of nitrogens with two attached hydrogens (primary N) is 1. The molecule has 5 heteroatoms. The molecule has 0 aliphatic heterocycles. The zero-order valence-corrected chi connectivity index (χ0v) is 8.97. The van der Waals surface area contributed by atoms with Gasteiger partial charge in [-0.3, -0.25) is 4.79 Å². The van der Waals surface area contributed by atoms with Crippen LogP contribution in [0.25, 0.3) is 0 Å². The van der Waals surface area contributed by atoms with Gasteiger partial charge in [0.25, 0.3) is 0 Å². The molecule has 88 valence electrons. The summed E-state index contributed by atoms with van der Waals surface area (Å²) in [5.74, 6) is -1.65. The van der Waals surface area contributed by atoms with Gasteiger partial charge in [-0.15, -0.1) is 0 Å². The van der Waals surface area contributed by atoms with Crippen molar-refractivity contribution in [2.24, 2.45) is 5.73 Å². The first-order chi connectivity index (χ1) is 7.56. The van der Waals surface area contributed by atoms with Gasteiger partial charge in [-0.1, -0.05) is 6.07 Å². The first-order valence-corrected chi connectivity index (χ1v) is 4.99. The lowest BCUT2D eigenvalue weighted by atomic mass is 10.1. The fourth-order valence-corrected chi connectivity index (χ4v) is 1.44. The minimum Gasteiger partial charge on any atom is -0.349 e. The molecule has 0 aromatic heterocycles. The summed E-state index contributed by atoms with van der Waals surface area (Å²) in [6.07, 6.45) is 0.139. The molecule has 3 nitrogen and oxygen atoms in total. The molecule has 0 aliphatic carbocycles. The number of nitrogens with one attached hydrogen (secondary N) is 1. The Morgan fingerprint density at radius 2 is 2.00 bits per heavy atom. The van der Waals surface area contributed by atoms with Crippen LogP contribution in [-0.2, 0) is 4.79 Å². The molecule has 0 spiro atoms. The van der Waals surface area contributed by atoms with Crippen LogP contribution in [0.15, 0.2) is 18.2 Å². The smallest absolute Gasteiger partial charge is 0.221 e. The molecule has 0 saturated heterocycles. The molecule has 1 aromatic carbocycles. The molecule has 1 atom stereocenters. The van der Waals surface area contributed by atoms with E-state index < -0.39 is 17.7 Å². The number of rotatable bonds is 4. The van der Waals surface area contributed by atoms with Gasteiger partial charge in [0.1, 0.15) is 11.6 Å². The highest BCUT2D eigenvalue weighted by molar-refractivity contribution is 5.76. The van der Waals surface area contributed by atoms with E-state index in [0.717, 1.165) is 12.1 Å². The van der Waals surface area contributed by atoms with E-state index in [2.05, 4.69) is 5.32 Å². The quantitative estimate of drug-likeness (QED) is 0.820. The van der Waals surface area contributed by atoms with Crippen LogP contribution in [0.5, 0.6) is 0 Å². The lowest BCUT2D eigenvalue weighted by Crippen LogP contribution is -2.29. The van der Waals surface area contributed by atoms with E-state index in [0.29, 0.717) is 0 Å². The van der Waals surface area contributed by atoms with Gasteiger partial charge in [0.15, 0.2) is 0 Å². The van der Waals surface area contributed by atoms with Crippen LogP contribution in [0.1, 0.15) is 24.9 Å². The van der Waals surface area contributed by atoms with Crippen molar-refractivity contribution in [2.45, 2.75) is 19.4 Å². The predicted octanol–water partition coefficient (Wildman–Crippen LogP) is 1.49. The molecule has 0 aliphatic rings. The molecular formula is C11H14F2N2O. The number of carbonyl (C=O) groups excluding carboxylic acids is 1. The van der Waals surface area contributed by atoms with Crippen molar-refractivity contribution in [3.05, 3.63) is 35.4 Å². The van der Waals surface area contributed by atoms with E-state index in [1.807, 2.05) is 0 Å². The number of hydrogen-bond donors (Lipinski definition) is 2. The lowest BCUT2D eigenvalue weighted by Gasteiger charge is -2.15. The molecule has 0 saturated carbocycles. The zero-order valence-electron chi connectivity index (χ0n) is 8.97. The normalized spacial score (nSPS) is 12.2. The van der Waals surface area contributed by atoms with Crippen molar-refractivity contribution in [2.75, 3.05) is 6.54 Å². The van der Waals surface area contributed by atoms with Gasteiger partial charge in [-0.25, -0.2) is 8.78 Å². The third-order valence-corrected chi connectivity index (χ3v) is 2.18. The molecule has 0 heterocycles. The van der Waals surface area contributed by atoms with Crippen molar-refractivity contribution in [3.8, 4) is 0 Å². The Balaban J connectivity index is 2.80. The maximum atomic E-state index is 13.3. The third kappa shape index (κ3) is 3.00. The molecule has 3 N–H and O–H groups in total. The second-order valence-corrected chi connectivity index (χ2v) is 3.46. The Morgan fingerprint density at radius 1 is 1.44 bits per heavy atom. The fourth-order valence-electron chi connectivity index (χ4n) is 1.44. The fraction of sp³-hybridized carbons (Fsp3) is 0.364. The topological polar surface area (TPSA) is 55.1 Å². The molecule has 1 rings (SSSR count). The van der Waals surface area contributed by atoms with Crippen LogP contribution in [0.3, 0.4) is 0 Å². The molecule has 1 unspecified atom stereocenters. The predicted molar refractivity (Wildman–Crippen MR) is 56.6 cm³/mol. The second-order valence-electron chi connectivity index (χ2n) is 3.46. The van der Waals surface area contributed by atoms with E-state index in [1.165, 1.54) is 13.0 Å². The minimum atomic E-state index is -0.708. The maximum absolute atomic E-state index is 13.3. The standard InChI is InChI=1S/C11H14F2N2O/c1-7(15-10(16)5-6-14)11-8(12)3-2-4-9(11)13/h2-4,7H,5-6,14H2,1H3,(H,15,16). The molecule has 1 amide bonds. The van der Waals surface area contributed by atoms with Gasteiger partial charge in [-0.2, -0.15) is 0 Å². The van der Waals surface area contributed by atoms with Gasteiger partial charge in [-0.05, 0) is 19.1 Å². The van der Waals surface area contributed by atoms with Gasteiger partial charge in [0, 0.05) is 18.5 Å². The summed E-state index contributed by atoms with van der Waals surface area (Å²) in [6, 6.07) is 2.89.